The first-order chi connectivity index (χ1) is 19.4. The SMILES string of the molecule is CCOc1ccc([C@H]2C(C(=O)OC)=CN=c3s/c(=C\c4cc(I)c(OCC#N)c(OC)c4)c(=O)n32)cc1OCC. The minimum atomic E-state index is -0.794. The maximum absolute atomic E-state index is 13.8. The van der Waals surface area contributed by atoms with Gasteiger partial charge in [0.2, 0.25) is 0 Å². The highest BCUT2D eigenvalue weighted by Crippen LogP contribution is 2.36. The topological polar surface area (TPSA) is 121 Å². The van der Waals surface area contributed by atoms with Crippen LogP contribution in [0.15, 0.2) is 51.9 Å². The van der Waals surface area contributed by atoms with Gasteiger partial charge in [0, 0.05) is 6.20 Å². The molecule has 0 radical (unpaired) electrons. The predicted octanol–water partition coefficient (Wildman–Crippen LogP) is 3.33. The number of nitriles is 1. The van der Waals surface area contributed by atoms with Gasteiger partial charge in [0.15, 0.2) is 34.4 Å². The number of carbonyl (C=O) groups excluding carboxylic acids is 1. The number of hydrogen-bond donors (Lipinski definition) is 0. The molecule has 0 bridgehead atoms. The fourth-order valence-electron chi connectivity index (χ4n) is 4.21. The molecule has 3 aromatic rings. The van der Waals surface area contributed by atoms with E-state index in [1.54, 1.807) is 30.3 Å². The highest BCUT2D eigenvalue weighted by molar-refractivity contribution is 14.1. The van der Waals surface area contributed by atoms with Gasteiger partial charge in [-0.05, 0) is 77.9 Å². The van der Waals surface area contributed by atoms with Gasteiger partial charge in [-0.25, -0.2) is 9.79 Å². The van der Waals surface area contributed by atoms with E-state index in [-0.39, 0.29) is 17.7 Å². The number of nitrogens with zero attached hydrogens (tertiary/aromatic N) is 3. The second-order valence-electron chi connectivity index (χ2n) is 8.23. The van der Waals surface area contributed by atoms with Crippen molar-refractivity contribution in [3.8, 4) is 29.1 Å². The average molecular weight is 676 g/mol. The van der Waals surface area contributed by atoms with Crippen molar-refractivity contribution in [3.05, 3.63) is 76.5 Å². The zero-order valence-corrected chi connectivity index (χ0v) is 25.2. The van der Waals surface area contributed by atoms with Crippen LogP contribution in [0.1, 0.15) is 31.0 Å². The molecule has 2 heterocycles. The number of methoxy groups -OCH3 is 2. The predicted molar refractivity (Wildman–Crippen MR) is 157 cm³/mol. The number of benzene rings is 2. The lowest BCUT2D eigenvalue weighted by Crippen LogP contribution is -2.39. The van der Waals surface area contributed by atoms with Crippen molar-refractivity contribution in [2.24, 2.45) is 4.99 Å². The van der Waals surface area contributed by atoms with E-state index in [4.69, 9.17) is 28.9 Å². The van der Waals surface area contributed by atoms with Crippen LogP contribution in [-0.2, 0) is 9.53 Å². The molecule has 40 heavy (non-hydrogen) atoms. The normalized spacial score (nSPS) is 14.3. The summed E-state index contributed by atoms with van der Waals surface area (Å²) >= 11 is 3.29. The molecule has 0 saturated heterocycles. The number of ether oxygens (including phenoxy) is 5. The monoisotopic (exact) mass is 675 g/mol. The molecule has 0 unspecified atom stereocenters. The van der Waals surface area contributed by atoms with Crippen LogP contribution in [0, 0.1) is 14.9 Å². The Bertz CT molecular complexity index is 1690. The van der Waals surface area contributed by atoms with E-state index in [0.29, 0.717) is 56.7 Å². The average Bonchev–Trinajstić information content (AvgIpc) is 3.27. The molecule has 208 valence electrons. The molecule has 4 rings (SSSR count). The number of thiazole rings is 1. The van der Waals surface area contributed by atoms with Crippen molar-refractivity contribution in [2.45, 2.75) is 19.9 Å². The maximum atomic E-state index is 13.8. The summed E-state index contributed by atoms with van der Waals surface area (Å²) < 4.78 is 30.1. The van der Waals surface area contributed by atoms with Crippen LogP contribution < -0.4 is 33.8 Å². The lowest BCUT2D eigenvalue weighted by atomic mass is 9.97. The minimum absolute atomic E-state index is 0.122. The van der Waals surface area contributed by atoms with E-state index in [0.717, 1.165) is 3.57 Å². The summed E-state index contributed by atoms with van der Waals surface area (Å²) in [7, 11) is 2.79. The van der Waals surface area contributed by atoms with Gasteiger partial charge in [-0.2, -0.15) is 5.26 Å². The number of halogens is 1. The largest absolute Gasteiger partial charge is 0.493 e. The molecule has 0 saturated carbocycles. The third-order valence-electron chi connectivity index (χ3n) is 5.84. The van der Waals surface area contributed by atoms with Crippen LogP contribution >= 0.6 is 33.9 Å². The molecule has 10 nitrogen and oxygen atoms in total. The van der Waals surface area contributed by atoms with E-state index in [9.17, 15) is 9.59 Å². The van der Waals surface area contributed by atoms with Crippen molar-refractivity contribution in [1.82, 2.24) is 4.57 Å². The maximum Gasteiger partial charge on any atom is 0.337 e. The summed E-state index contributed by atoms with van der Waals surface area (Å²) in [5, 5.41) is 8.88. The van der Waals surface area contributed by atoms with Crippen LogP contribution in [0.5, 0.6) is 23.0 Å². The molecule has 0 amide bonds. The Morgan fingerprint density at radius 2 is 1.88 bits per heavy atom. The molecule has 0 N–H and O–H groups in total. The second kappa shape index (κ2) is 13.0. The molecular formula is C28H26IN3O7S. The van der Waals surface area contributed by atoms with Crippen LogP contribution in [0.25, 0.3) is 6.08 Å². The fourth-order valence-corrected chi connectivity index (χ4v) is 5.96. The molecule has 1 aromatic heterocycles. The molecular weight excluding hydrogens is 649 g/mol. The lowest BCUT2D eigenvalue weighted by Gasteiger charge is -2.23. The molecule has 12 heteroatoms. The Kier molecular flexibility index (Phi) is 9.49. The zero-order chi connectivity index (χ0) is 28.8. The van der Waals surface area contributed by atoms with Gasteiger partial charge < -0.3 is 23.7 Å². The Morgan fingerprint density at radius 1 is 1.12 bits per heavy atom. The third kappa shape index (κ3) is 5.85. The summed E-state index contributed by atoms with van der Waals surface area (Å²) in [6.45, 7) is 4.49. The van der Waals surface area contributed by atoms with Crippen LogP contribution in [0.2, 0.25) is 0 Å². The van der Waals surface area contributed by atoms with Crippen molar-refractivity contribution in [3.63, 3.8) is 0 Å². The van der Waals surface area contributed by atoms with E-state index >= 15 is 0 Å². The summed E-state index contributed by atoms with van der Waals surface area (Å²) in [6.07, 6.45) is 3.17. The fraction of sp³-hybridized carbons (Fsp3) is 0.286. The van der Waals surface area contributed by atoms with Gasteiger partial charge >= 0.3 is 5.97 Å². The summed E-state index contributed by atoms with van der Waals surface area (Å²) in [6, 6.07) is 10.0. The number of esters is 1. The molecule has 0 spiro atoms. The van der Waals surface area contributed by atoms with E-state index in [2.05, 4.69) is 27.6 Å². The Balaban J connectivity index is 1.88. The van der Waals surface area contributed by atoms with Crippen molar-refractivity contribution in [1.29, 1.82) is 5.26 Å². The van der Waals surface area contributed by atoms with Gasteiger partial charge in [0.25, 0.3) is 5.56 Å². The van der Waals surface area contributed by atoms with Gasteiger partial charge in [0.1, 0.15) is 6.07 Å². The van der Waals surface area contributed by atoms with Crippen LogP contribution in [0.4, 0.5) is 0 Å². The number of rotatable bonds is 10. The van der Waals surface area contributed by atoms with Gasteiger partial charge in [-0.1, -0.05) is 17.4 Å². The summed E-state index contributed by atoms with van der Waals surface area (Å²) in [4.78, 5) is 31.5. The lowest BCUT2D eigenvalue weighted by molar-refractivity contribution is -0.136. The standard InChI is InChI=1S/C28H26IN3O7S/c1-5-37-20-8-7-17(14-21(20)38-6-2)24-18(27(34)36-4)15-31-28-32(24)26(33)23(40-28)13-16-11-19(29)25(39-10-9-30)22(12-16)35-3/h7-8,11-15,24H,5-6,10H2,1-4H3/b23-13-/t24-/m0/s1. The van der Waals surface area contributed by atoms with Gasteiger partial charge in [-0.3, -0.25) is 9.36 Å². The van der Waals surface area contributed by atoms with Crippen LogP contribution in [-0.4, -0.2) is 44.6 Å². The van der Waals surface area contributed by atoms with Gasteiger partial charge in [0.05, 0.1) is 47.2 Å². The van der Waals surface area contributed by atoms with Crippen LogP contribution in [0.3, 0.4) is 0 Å². The Labute approximate surface area is 247 Å². The first-order valence-corrected chi connectivity index (χ1v) is 14.1. The summed E-state index contributed by atoms with van der Waals surface area (Å²) in [5.74, 6) is 1.36. The Hall–Kier alpha value is -3.83. The molecule has 2 aromatic carbocycles. The minimum Gasteiger partial charge on any atom is -0.493 e. The van der Waals surface area contributed by atoms with Crippen molar-refractivity contribution < 1.29 is 28.5 Å². The number of aromatic nitrogens is 1. The quantitative estimate of drug-likeness (QED) is 0.237. The van der Waals surface area contributed by atoms with Crippen molar-refractivity contribution >= 4 is 46.0 Å². The van der Waals surface area contributed by atoms with E-state index in [1.807, 2.05) is 26.0 Å². The zero-order valence-electron chi connectivity index (χ0n) is 22.2. The third-order valence-corrected chi connectivity index (χ3v) is 7.64. The molecule has 1 aliphatic heterocycles. The number of fused-ring (bicyclic) bond motifs is 1. The molecule has 0 fully saturated rings. The highest BCUT2D eigenvalue weighted by atomic mass is 127. The van der Waals surface area contributed by atoms with E-state index < -0.39 is 12.0 Å². The number of hydrogen-bond acceptors (Lipinski definition) is 10. The first-order valence-electron chi connectivity index (χ1n) is 12.2. The molecule has 1 atom stereocenters. The summed E-state index contributed by atoms with van der Waals surface area (Å²) in [5.41, 5.74) is 1.22. The first kappa shape index (κ1) is 29.2. The molecule has 0 aliphatic carbocycles. The van der Waals surface area contributed by atoms with Gasteiger partial charge in [-0.15, -0.1) is 0 Å². The highest BCUT2D eigenvalue weighted by Gasteiger charge is 2.31. The molecule has 1 aliphatic rings. The second-order valence-corrected chi connectivity index (χ2v) is 10.4. The Morgan fingerprint density at radius 3 is 2.55 bits per heavy atom. The smallest absolute Gasteiger partial charge is 0.337 e. The van der Waals surface area contributed by atoms with E-state index in [1.165, 1.54) is 36.3 Å². The number of carbonyl (C=O) groups is 1. The van der Waals surface area contributed by atoms with Crippen molar-refractivity contribution in [2.75, 3.05) is 34.0 Å².